The fourth-order valence-electron chi connectivity index (χ4n) is 1.34. The summed E-state index contributed by atoms with van der Waals surface area (Å²) in [4.78, 5) is 10.5. The molecule has 4 heteroatoms. The summed E-state index contributed by atoms with van der Waals surface area (Å²) in [7, 11) is 0. The Morgan fingerprint density at radius 2 is 2.29 bits per heavy atom. The van der Waals surface area contributed by atoms with Gasteiger partial charge in [-0.2, -0.15) is 0 Å². The van der Waals surface area contributed by atoms with E-state index in [1.807, 2.05) is 6.07 Å². The molecule has 0 heterocycles. The van der Waals surface area contributed by atoms with Crippen molar-refractivity contribution in [2.75, 3.05) is 13.1 Å². The van der Waals surface area contributed by atoms with Crippen molar-refractivity contribution in [1.29, 1.82) is 0 Å². The van der Waals surface area contributed by atoms with Crippen molar-refractivity contribution in [3.05, 3.63) is 47.3 Å². The van der Waals surface area contributed by atoms with Crippen molar-refractivity contribution in [3.8, 4) is 0 Å². The smallest absolute Gasteiger partial charge is 0.330 e. The molecule has 1 aromatic rings. The Morgan fingerprint density at radius 1 is 1.53 bits per heavy atom. The fourth-order valence-corrected chi connectivity index (χ4v) is 1.34. The lowest BCUT2D eigenvalue weighted by Crippen LogP contribution is -2.18. The zero-order valence-corrected chi connectivity index (χ0v) is 9.74. The second kappa shape index (κ2) is 6.81. The van der Waals surface area contributed by atoms with Gasteiger partial charge in [0.25, 0.3) is 0 Å². The molecule has 0 radical (unpaired) electrons. The summed E-state index contributed by atoms with van der Waals surface area (Å²) in [6, 6.07) is 6.46. The van der Waals surface area contributed by atoms with Gasteiger partial charge in [-0.3, -0.25) is 0 Å². The number of carboxylic acid groups (broad SMARTS) is 1. The lowest BCUT2D eigenvalue weighted by atomic mass is 10.1. The predicted molar refractivity (Wildman–Crippen MR) is 64.4 cm³/mol. The van der Waals surface area contributed by atoms with Crippen LogP contribution in [0.3, 0.4) is 0 Å². The topological polar surface area (TPSA) is 49.3 Å². The Morgan fingerprint density at radius 3 is 2.94 bits per heavy atom. The van der Waals surface area contributed by atoms with Gasteiger partial charge < -0.3 is 10.4 Å². The molecular weight excluding hydrogens is 221 g/mol. The van der Waals surface area contributed by atoms with Crippen LogP contribution in [-0.2, 0) is 11.2 Å². The van der Waals surface area contributed by atoms with Crippen LogP contribution in [0.4, 0.5) is 4.39 Å². The quantitative estimate of drug-likeness (QED) is 0.587. The Labute approximate surface area is 100.0 Å². The Hall–Kier alpha value is -1.68. The van der Waals surface area contributed by atoms with Crippen LogP contribution in [0, 0.1) is 5.82 Å². The van der Waals surface area contributed by atoms with Crippen LogP contribution >= 0.6 is 0 Å². The molecule has 2 N–H and O–H groups in total. The van der Waals surface area contributed by atoms with Gasteiger partial charge >= 0.3 is 5.97 Å². The Kier molecular flexibility index (Phi) is 5.36. The summed E-state index contributed by atoms with van der Waals surface area (Å²) in [6.45, 7) is 2.75. The van der Waals surface area contributed by atoms with Crippen molar-refractivity contribution in [2.24, 2.45) is 0 Å². The number of hydrogen-bond donors (Lipinski definition) is 2. The highest BCUT2D eigenvalue weighted by atomic mass is 19.1. The molecule has 0 aliphatic carbocycles. The first-order valence-corrected chi connectivity index (χ1v) is 5.45. The summed E-state index contributed by atoms with van der Waals surface area (Å²) in [6.07, 6.45) is 2.34. The number of rotatable bonds is 6. The van der Waals surface area contributed by atoms with Crippen molar-refractivity contribution >= 4 is 5.97 Å². The molecule has 0 fully saturated rings. The number of carbonyl (C=O) groups is 1. The minimum atomic E-state index is -0.906. The normalized spacial score (nSPS) is 11.5. The van der Waals surface area contributed by atoms with E-state index in [2.05, 4.69) is 5.32 Å². The highest BCUT2D eigenvalue weighted by Crippen LogP contribution is 2.03. The summed E-state index contributed by atoms with van der Waals surface area (Å²) in [5, 5.41) is 11.7. The van der Waals surface area contributed by atoms with Crippen molar-refractivity contribution in [3.63, 3.8) is 0 Å². The first-order chi connectivity index (χ1) is 8.09. The van der Waals surface area contributed by atoms with Crippen molar-refractivity contribution in [2.45, 2.75) is 13.3 Å². The number of nitrogens with one attached hydrogen (secondary N) is 1. The van der Waals surface area contributed by atoms with Crippen LogP contribution in [-0.4, -0.2) is 24.2 Å². The molecule has 0 saturated carbocycles. The van der Waals surface area contributed by atoms with Crippen LogP contribution in [0.25, 0.3) is 0 Å². The Bertz CT molecular complexity index is 416. The van der Waals surface area contributed by atoms with Crippen molar-refractivity contribution in [1.82, 2.24) is 5.32 Å². The maximum Gasteiger partial charge on any atom is 0.330 e. The van der Waals surface area contributed by atoms with E-state index >= 15 is 0 Å². The third-order valence-electron chi connectivity index (χ3n) is 2.37. The molecule has 1 rings (SSSR count). The third kappa shape index (κ3) is 5.26. The van der Waals surface area contributed by atoms with E-state index in [1.165, 1.54) is 12.1 Å². The molecule has 0 amide bonds. The van der Waals surface area contributed by atoms with Gasteiger partial charge in [0.2, 0.25) is 0 Å². The van der Waals surface area contributed by atoms with Gasteiger partial charge in [0.05, 0.1) is 0 Å². The lowest BCUT2D eigenvalue weighted by molar-refractivity contribution is -0.132. The summed E-state index contributed by atoms with van der Waals surface area (Å²) in [5.74, 6) is -1.14. The number of hydrogen-bond acceptors (Lipinski definition) is 2. The Balaban J connectivity index is 2.25. The zero-order valence-electron chi connectivity index (χ0n) is 9.74. The maximum atomic E-state index is 12.8. The second-order valence-electron chi connectivity index (χ2n) is 3.78. The number of benzene rings is 1. The molecule has 0 saturated heterocycles. The average Bonchev–Trinajstić information content (AvgIpc) is 2.28. The largest absolute Gasteiger partial charge is 0.478 e. The van der Waals surface area contributed by atoms with E-state index in [1.54, 1.807) is 19.1 Å². The highest BCUT2D eigenvalue weighted by molar-refractivity contribution is 5.85. The standard InChI is InChI=1S/C13H16FNO2/c1-10(13(16)17)5-7-15-8-6-11-3-2-4-12(14)9-11/h2-5,9,15H,6-8H2,1H3,(H,16,17)/b10-5-. The van der Waals surface area contributed by atoms with E-state index in [4.69, 9.17) is 5.11 Å². The van der Waals surface area contributed by atoms with Crippen LogP contribution in [0.15, 0.2) is 35.9 Å². The molecule has 0 aromatic heterocycles. The first kappa shape index (κ1) is 13.4. The van der Waals surface area contributed by atoms with Gasteiger partial charge in [-0.1, -0.05) is 18.2 Å². The summed E-state index contributed by atoms with van der Waals surface area (Å²) in [5.41, 5.74) is 1.25. The van der Waals surface area contributed by atoms with E-state index in [9.17, 15) is 9.18 Å². The van der Waals surface area contributed by atoms with Crippen LogP contribution in [0.1, 0.15) is 12.5 Å². The minimum absolute atomic E-state index is 0.232. The van der Waals surface area contributed by atoms with Gasteiger partial charge in [-0.05, 0) is 37.6 Å². The van der Waals surface area contributed by atoms with E-state index in [-0.39, 0.29) is 5.82 Å². The molecule has 0 spiro atoms. The molecule has 92 valence electrons. The predicted octanol–water partition coefficient (Wildman–Crippen LogP) is 1.99. The molecule has 0 aliphatic heterocycles. The molecule has 3 nitrogen and oxygen atoms in total. The molecule has 17 heavy (non-hydrogen) atoms. The lowest BCUT2D eigenvalue weighted by Gasteiger charge is -2.02. The third-order valence-corrected chi connectivity index (χ3v) is 2.37. The number of halogens is 1. The summed E-state index contributed by atoms with van der Waals surface area (Å²) < 4.78 is 12.8. The first-order valence-electron chi connectivity index (χ1n) is 5.45. The molecule has 0 aliphatic rings. The van der Waals surface area contributed by atoms with Gasteiger partial charge in [0.15, 0.2) is 0 Å². The highest BCUT2D eigenvalue weighted by Gasteiger charge is 1.98. The van der Waals surface area contributed by atoms with Gasteiger partial charge in [-0.25, -0.2) is 9.18 Å². The zero-order chi connectivity index (χ0) is 12.7. The van der Waals surface area contributed by atoms with E-state index in [0.29, 0.717) is 18.7 Å². The van der Waals surface area contributed by atoms with Crippen LogP contribution in [0.2, 0.25) is 0 Å². The van der Waals surface area contributed by atoms with Crippen molar-refractivity contribution < 1.29 is 14.3 Å². The molecule has 0 bridgehead atoms. The second-order valence-corrected chi connectivity index (χ2v) is 3.78. The molecule has 0 unspecified atom stereocenters. The van der Waals surface area contributed by atoms with E-state index < -0.39 is 5.97 Å². The summed E-state index contributed by atoms with van der Waals surface area (Å²) >= 11 is 0. The van der Waals surface area contributed by atoms with E-state index in [0.717, 1.165) is 12.0 Å². The minimum Gasteiger partial charge on any atom is -0.478 e. The molecule has 1 aromatic carbocycles. The monoisotopic (exact) mass is 237 g/mol. The number of carboxylic acids is 1. The average molecular weight is 237 g/mol. The van der Waals surface area contributed by atoms with Gasteiger partial charge in [0.1, 0.15) is 5.82 Å². The SMILES string of the molecule is C/C(=C/CNCCc1cccc(F)c1)C(=O)O. The fraction of sp³-hybridized carbons (Fsp3) is 0.308. The van der Waals surface area contributed by atoms with Crippen LogP contribution < -0.4 is 5.32 Å². The van der Waals surface area contributed by atoms with Gasteiger partial charge in [-0.15, -0.1) is 0 Å². The maximum absolute atomic E-state index is 12.8. The molecular formula is C13H16FNO2. The number of aliphatic carboxylic acids is 1. The van der Waals surface area contributed by atoms with Crippen LogP contribution in [0.5, 0.6) is 0 Å². The molecule has 0 atom stereocenters. The van der Waals surface area contributed by atoms with Gasteiger partial charge in [0, 0.05) is 12.1 Å².